The summed E-state index contributed by atoms with van der Waals surface area (Å²) in [6.07, 6.45) is 6.73. The topological polar surface area (TPSA) is 53.4 Å². The molecule has 1 aromatic heterocycles. The van der Waals surface area contributed by atoms with Gasteiger partial charge in [0, 0.05) is 30.7 Å². The number of carbonyl (C=O) groups is 1. The quantitative estimate of drug-likeness (QED) is 0.887. The van der Waals surface area contributed by atoms with E-state index >= 15 is 0 Å². The summed E-state index contributed by atoms with van der Waals surface area (Å²) in [7, 11) is 0. The van der Waals surface area contributed by atoms with Crippen LogP contribution in [0.5, 0.6) is 0 Å². The number of likely N-dealkylation sites (tertiary alicyclic amines) is 1. The lowest BCUT2D eigenvalue weighted by molar-refractivity contribution is -0.127. The number of fused-ring (bicyclic) bond motifs is 1. The van der Waals surface area contributed by atoms with Gasteiger partial charge in [0.2, 0.25) is 5.91 Å². The number of piperidine rings is 1. The fourth-order valence-electron chi connectivity index (χ4n) is 3.13. The SMILES string of the molecule is CC(O)C1CCN(C(=O)C=Cc2ccnc3ccccc23)CC1. The van der Waals surface area contributed by atoms with Crippen molar-refractivity contribution in [3.8, 4) is 0 Å². The summed E-state index contributed by atoms with van der Waals surface area (Å²) in [6, 6.07) is 9.84. The van der Waals surface area contributed by atoms with Crippen LogP contribution in [0.15, 0.2) is 42.6 Å². The second-order valence-electron chi connectivity index (χ2n) is 6.15. The van der Waals surface area contributed by atoms with Gasteiger partial charge >= 0.3 is 0 Å². The molecule has 0 aliphatic carbocycles. The van der Waals surface area contributed by atoms with E-state index < -0.39 is 0 Å². The summed E-state index contributed by atoms with van der Waals surface area (Å²) in [5, 5.41) is 10.7. The van der Waals surface area contributed by atoms with Gasteiger partial charge in [-0.05, 0) is 49.5 Å². The Balaban J connectivity index is 1.69. The number of carbonyl (C=O) groups excluding carboxylic acids is 1. The Labute approximate surface area is 136 Å². The van der Waals surface area contributed by atoms with E-state index in [9.17, 15) is 9.90 Å². The number of aliphatic hydroxyl groups is 1. The van der Waals surface area contributed by atoms with Crippen molar-refractivity contribution in [3.63, 3.8) is 0 Å². The number of aromatic nitrogens is 1. The number of pyridine rings is 1. The number of amides is 1. The molecule has 0 radical (unpaired) electrons. The molecule has 1 aliphatic rings. The number of rotatable bonds is 3. The molecule has 23 heavy (non-hydrogen) atoms. The molecule has 0 saturated carbocycles. The average Bonchev–Trinajstić information content (AvgIpc) is 2.59. The first-order valence-electron chi connectivity index (χ1n) is 8.14. The molecule has 1 aliphatic heterocycles. The smallest absolute Gasteiger partial charge is 0.246 e. The van der Waals surface area contributed by atoms with Crippen molar-refractivity contribution in [3.05, 3.63) is 48.2 Å². The lowest BCUT2D eigenvalue weighted by Crippen LogP contribution is -2.39. The Morgan fingerprint density at radius 1 is 1.30 bits per heavy atom. The number of hydrogen-bond donors (Lipinski definition) is 1. The van der Waals surface area contributed by atoms with Crippen LogP contribution in [0, 0.1) is 5.92 Å². The van der Waals surface area contributed by atoms with Crippen molar-refractivity contribution in [2.45, 2.75) is 25.9 Å². The molecular formula is C19H22N2O2. The fourth-order valence-corrected chi connectivity index (χ4v) is 3.13. The van der Waals surface area contributed by atoms with Gasteiger partial charge in [-0.3, -0.25) is 9.78 Å². The van der Waals surface area contributed by atoms with Gasteiger partial charge < -0.3 is 10.0 Å². The molecule has 1 atom stereocenters. The van der Waals surface area contributed by atoms with E-state index in [-0.39, 0.29) is 12.0 Å². The van der Waals surface area contributed by atoms with E-state index in [2.05, 4.69) is 4.98 Å². The van der Waals surface area contributed by atoms with Crippen LogP contribution in [-0.2, 0) is 4.79 Å². The van der Waals surface area contributed by atoms with Crippen molar-refractivity contribution in [2.75, 3.05) is 13.1 Å². The third kappa shape index (κ3) is 3.59. The van der Waals surface area contributed by atoms with Gasteiger partial charge in [-0.2, -0.15) is 0 Å². The third-order valence-corrected chi connectivity index (χ3v) is 4.62. The molecule has 1 amide bonds. The first kappa shape index (κ1) is 15.7. The number of para-hydroxylation sites is 1. The lowest BCUT2D eigenvalue weighted by atomic mass is 9.92. The molecule has 1 N–H and O–H groups in total. The van der Waals surface area contributed by atoms with Crippen LogP contribution in [0.4, 0.5) is 0 Å². The van der Waals surface area contributed by atoms with E-state index in [0.717, 1.165) is 42.4 Å². The van der Waals surface area contributed by atoms with Crippen molar-refractivity contribution >= 4 is 22.9 Å². The number of benzene rings is 1. The molecule has 1 saturated heterocycles. The minimum Gasteiger partial charge on any atom is -0.393 e. The number of nitrogens with zero attached hydrogens (tertiary/aromatic N) is 2. The Hall–Kier alpha value is -2.20. The van der Waals surface area contributed by atoms with E-state index in [1.165, 1.54) is 0 Å². The standard InChI is InChI=1S/C19H22N2O2/c1-14(22)15-9-12-21(13-10-15)19(23)7-6-16-8-11-20-18-5-3-2-4-17(16)18/h2-8,11,14-15,22H,9-10,12-13H2,1H3. The molecule has 120 valence electrons. The molecule has 1 unspecified atom stereocenters. The Morgan fingerprint density at radius 2 is 2.04 bits per heavy atom. The first-order chi connectivity index (χ1) is 11.1. The van der Waals surface area contributed by atoms with Crippen molar-refractivity contribution < 1.29 is 9.90 Å². The highest BCUT2D eigenvalue weighted by atomic mass is 16.3. The summed E-state index contributed by atoms with van der Waals surface area (Å²) in [5.74, 6) is 0.349. The normalized spacial score (nSPS) is 17.7. The Kier molecular flexibility index (Phi) is 4.72. The van der Waals surface area contributed by atoms with Gasteiger partial charge in [0.1, 0.15) is 0 Å². The maximum absolute atomic E-state index is 12.3. The zero-order chi connectivity index (χ0) is 16.2. The van der Waals surface area contributed by atoms with Crippen LogP contribution >= 0.6 is 0 Å². The van der Waals surface area contributed by atoms with Crippen LogP contribution in [0.1, 0.15) is 25.3 Å². The minimum atomic E-state index is -0.286. The second-order valence-corrected chi connectivity index (χ2v) is 6.15. The van der Waals surface area contributed by atoms with Crippen molar-refractivity contribution in [1.29, 1.82) is 0 Å². The van der Waals surface area contributed by atoms with E-state index in [1.807, 2.05) is 48.2 Å². The van der Waals surface area contributed by atoms with Crippen LogP contribution in [0.3, 0.4) is 0 Å². The molecule has 2 aromatic rings. The van der Waals surface area contributed by atoms with E-state index in [0.29, 0.717) is 5.92 Å². The van der Waals surface area contributed by atoms with Crippen LogP contribution < -0.4 is 0 Å². The molecule has 0 bridgehead atoms. The zero-order valence-corrected chi connectivity index (χ0v) is 13.4. The number of hydrogen-bond acceptors (Lipinski definition) is 3. The predicted molar refractivity (Wildman–Crippen MR) is 91.8 cm³/mol. The predicted octanol–water partition coefficient (Wildman–Crippen LogP) is 2.87. The monoisotopic (exact) mass is 310 g/mol. The second kappa shape index (κ2) is 6.92. The minimum absolute atomic E-state index is 0.0370. The molecule has 4 heteroatoms. The van der Waals surface area contributed by atoms with E-state index in [1.54, 1.807) is 12.3 Å². The van der Waals surface area contributed by atoms with Crippen molar-refractivity contribution in [1.82, 2.24) is 9.88 Å². The molecule has 0 spiro atoms. The molecular weight excluding hydrogens is 288 g/mol. The Bertz CT molecular complexity index is 711. The highest BCUT2D eigenvalue weighted by Crippen LogP contribution is 2.21. The van der Waals surface area contributed by atoms with Gasteiger partial charge in [0.05, 0.1) is 11.6 Å². The average molecular weight is 310 g/mol. The van der Waals surface area contributed by atoms with Gasteiger partial charge in [0.15, 0.2) is 0 Å². The number of aliphatic hydroxyl groups excluding tert-OH is 1. The summed E-state index contributed by atoms with van der Waals surface area (Å²) < 4.78 is 0. The van der Waals surface area contributed by atoms with Gasteiger partial charge in [-0.1, -0.05) is 18.2 Å². The summed E-state index contributed by atoms with van der Waals surface area (Å²) >= 11 is 0. The van der Waals surface area contributed by atoms with Crippen LogP contribution in [0.2, 0.25) is 0 Å². The molecule has 1 aromatic carbocycles. The fraction of sp³-hybridized carbons (Fsp3) is 0.368. The zero-order valence-electron chi connectivity index (χ0n) is 13.4. The Morgan fingerprint density at radius 3 is 2.78 bits per heavy atom. The van der Waals surface area contributed by atoms with Gasteiger partial charge in [-0.15, -0.1) is 0 Å². The largest absolute Gasteiger partial charge is 0.393 e. The summed E-state index contributed by atoms with van der Waals surface area (Å²) in [6.45, 7) is 3.27. The van der Waals surface area contributed by atoms with Gasteiger partial charge in [-0.25, -0.2) is 0 Å². The van der Waals surface area contributed by atoms with Crippen molar-refractivity contribution in [2.24, 2.45) is 5.92 Å². The van der Waals surface area contributed by atoms with Crippen LogP contribution in [-0.4, -0.2) is 40.1 Å². The van der Waals surface area contributed by atoms with E-state index in [4.69, 9.17) is 0 Å². The lowest BCUT2D eigenvalue weighted by Gasteiger charge is -2.32. The molecule has 4 nitrogen and oxygen atoms in total. The molecule has 1 fully saturated rings. The van der Waals surface area contributed by atoms with Crippen LogP contribution in [0.25, 0.3) is 17.0 Å². The summed E-state index contributed by atoms with van der Waals surface area (Å²) in [5.41, 5.74) is 1.93. The maximum atomic E-state index is 12.3. The third-order valence-electron chi connectivity index (χ3n) is 4.62. The maximum Gasteiger partial charge on any atom is 0.246 e. The highest BCUT2D eigenvalue weighted by molar-refractivity contribution is 5.95. The van der Waals surface area contributed by atoms with Gasteiger partial charge in [0.25, 0.3) is 0 Å². The molecule has 2 heterocycles. The first-order valence-corrected chi connectivity index (χ1v) is 8.14. The highest BCUT2D eigenvalue weighted by Gasteiger charge is 2.24. The molecule has 3 rings (SSSR count). The summed E-state index contributed by atoms with van der Waals surface area (Å²) in [4.78, 5) is 18.5.